The summed E-state index contributed by atoms with van der Waals surface area (Å²) in [5, 5.41) is 20.9. The van der Waals surface area contributed by atoms with E-state index in [9.17, 15) is 15.0 Å². The van der Waals surface area contributed by atoms with Gasteiger partial charge in [0.15, 0.2) is 0 Å². The Kier molecular flexibility index (Phi) is 4.11. The maximum atomic E-state index is 11.6. The smallest absolute Gasteiger partial charge is 0.302 e. The van der Waals surface area contributed by atoms with E-state index < -0.39 is 5.60 Å². The number of rotatable bonds is 2. The first-order valence-electron chi connectivity index (χ1n) is 10.6. The Labute approximate surface area is 157 Å². The SMILES string of the molecule is CC(=O)OC1CC[C@@]2(C)[C@@H](CC[C@]34C[C@@H](CC[C@@H]32)[C@](O)(CO)C4)C1(C)C. The van der Waals surface area contributed by atoms with Crippen LogP contribution >= 0.6 is 0 Å². The predicted molar refractivity (Wildman–Crippen MR) is 99.3 cm³/mol. The third-order valence-corrected chi connectivity index (χ3v) is 9.39. The highest BCUT2D eigenvalue weighted by atomic mass is 16.5. The highest BCUT2D eigenvalue weighted by molar-refractivity contribution is 5.66. The molecule has 4 nitrogen and oxygen atoms in total. The lowest BCUT2D eigenvalue weighted by molar-refractivity contribution is -0.197. The highest BCUT2D eigenvalue weighted by Crippen LogP contribution is 2.72. The Morgan fingerprint density at radius 1 is 1.08 bits per heavy atom. The van der Waals surface area contributed by atoms with Gasteiger partial charge >= 0.3 is 5.97 Å². The number of fused-ring (bicyclic) bond motifs is 3. The summed E-state index contributed by atoms with van der Waals surface area (Å²) in [6.45, 7) is 8.50. The second-order valence-electron chi connectivity index (χ2n) is 10.9. The molecular formula is C22H36O4. The largest absolute Gasteiger partial charge is 0.462 e. The van der Waals surface area contributed by atoms with Crippen molar-refractivity contribution in [3.63, 3.8) is 0 Å². The monoisotopic (exact) mass is 364 g/mol. The minimum atomic E-state index is -0.859. The number of hydrogen-bond acceptors (Lipinski definition) is 4. The lowest BCUT2D eigenvalue weighted by atomic mass is 9.41. The molecule has 1 spiro atoms. The van der Waals surface area contributed by atoms with Crippen molar-refractivity contribution in [2.75, 3.05) is 6.61 Å². The first-order chi connectivity index (χ1) is 12.1. The Bertz CT molecular complexity index is 601. The molecule has 4 rings (SSSR count). The molecule has 4 saturated carbocycles. The lowest BCUT2D eigenvalue weighted by Gasteiger charge is -2.65. The fourth-order valence-corrected chi connectivity index (χ4v) is 8.42. The van der Waals surface area contributed by atoms with Crippen LogP contribution < -0.4 is 0 Å². The Morgan fingerprint density at radius 3 is 2.46 bits per heavy atom. The van der Waals surface area contributed by atoms with Crippen molar-refractivity contribution in [1.82, 2.24) is 0 Å². The summed E-state index contributed by atoms with van der Waals surface area (Å²) in [5.74, 6) is 1.27. The van der Waals surface area contributed by atoms with E-state index in [0.717, 1.165) is 44.9 Å². The van der Waals surface area contributed by atoms with Crippen LogP contribution in [0, 0.1) is 34.0 Å². The Morgan fingerprint density at radius 2 is 1.81 bits per heavy atom. The summed E-state index contributed by atoms with van der Waals surface area (Å²) in [7, 11) is 0. The summed E-state index contributed by atoms with van der Waals surface area (Å²) < 4.78 is 5.73. The lowest BCUT2D eigenvalue weighted by Crippen LogP contribution is -2.59. The van der Waals surface area contributed by atoms with Gasteiger partial charge in [-0.15, -0.1) is 0 Å². The van der Waals surface area contributed by atoms with Crippen LogP contribution in [-0.4, -0.2) is 34.5 Å². The van der Waals surface area contributed by atoms with E-state index >= 15 is 0 Å². The number of esters is 1. The average Bonchev–Trinajstić information content (AvgIpc) is 2.76. The van der Waals surface area contributed by atoms with Crippen molar-refractivity contribution in [2.24, 2.45) is 34.0 Å². The van der Waals surface area contributed by atoms with Gasteiger partial charge in [0, 0.05) is 12.3 Å². The van der Waals surface area contributed by atoms with Gasteiger partial charge in [0.2, 0.25) is 0 Å². The molecule has 0 aromatic carbocycles. The Hall–Kier alpha value is -0.610. The summed E-state index contributed by atoms with van der Waals surface area (Å²) in [5.41, 5.74) is -0.425. The van der Waals surface area contributed by atoms with Crippen LogP contribution in [0.15, 0.2) is 0 Å². The summed E-state index contributed by atoms with van der Waals surface area (Å²) in [4.78, 5) is 11.6. The van der Waals surface area contributed by atoms with Gasteiger partial charge in [-0.1, -0.05) is 20.8 Å². The highest BCUT2D eigenvalue weighted by Gasteiger charge is 2.68. The third-order valence-electron chi connectivity index (χ3n) is 9.39. The number of aliphatic hydroxyl groups is 2. The van der Waals surface area contributed by atoms with Gasteiger partial charge in [0.05, 0.1) is 12.2 Å². The number of carbonyl (C=O) groups excluding carboxylic acids is 1. The van der Waals surface area contributed by atoms with Gasteiger partial charge in [-0.2, -0.15) is 0 Å². The zero-order valence-corrected chi connectivity index (χ0v) is 16.9. The molecule has 4 aliphatic rings. The normalized spacial score (nSPS) is 52.1. The van der Waals surface area contributed by atoms with Crippen molar-refractivity contribution in [3.8, 4) is 0 Å². The molecule has 2 N–H and O–H groups in total. The molecule has 0 aliphatic heterocycles. The van der Waals surface area contributed by atoms with E-state index in [1.165, 1.54) is 13.3 Å². The molecule has 0 amide bonds. The number of carbonyl (C=O) groups is 1. The minimum Gasteiger partial charge on any atom is -0.462 e. The maximum Gasteiger partial charge on any atom is 0.302 e. The first kappa shape index (κ1) is 18.7. The van der Waals surface area contributed by atoms with Gasteiger partial charge < -0.3 is 14.9 Å². The zero-order chi connectivity index (χ0) is 19.0. The quantitative estimate of drug-likeness (QED) is 0.734. The summed E-state index contributed by atoms with van der Waals surface area (Å²) >= 11 is 0. The molecule has 0 aromatic rings. The molecule has 4 fully saturated rings. The number of hydrogen-bond donors (Lipinski definition) is 2. The number of ether oxygens (including phenoxy) is 1. The molecule has 148 valence electrons. The van der Waals surface area contributed by atoms with Crippen LogP contribution in [0.3, 0.4) is 0 Å². The van der Waals surface area contributed by atoms with E-state index in [0.29, 0.717) is 11.8 Å². The molecule has 4 aliphatic carbocycles. The van der Waals surface area contributed by atoms with Crippen LogP contribution in [0.2, 0.25) is 0 Å². The van der Waals surface area contributed by atoms with Crippen molar-refractivity contribution in [2.45, 2.75) is 90.8 Å². The van der Waals surface area contributed by atoms with Crippen molar-refractivity contribution in [3.05, 3.63) is 0 Å². The van der Waals surface area contributed by atoms with Gasteiger partial charge in [-0.05, 0) is 80.0 Å². The molecule has 0 heterocycles. The summed E-state index contributed by atoms with van der Waals surface area (Å²) in [6, 6.07) is 0. The fraction of sp³-hybridized carbons (Fsp3) is 0.955. The standard InChI is InChI=1S/C22H36O4/c1-14(24)26-18-8-9-20(4)16(19(18,2)3)7-10-21-11-15(5-6-17(20)21)22(25,12-21)13-23/h15-18,23,25H,5-13H2,1-4H3/t15-,16+,17-,18?,20+,21-,22-/m1/s1. The van der Waals surface area contributed by atoms with Crippen LogP contribution in [-0.2, 0) is 9.53 Å². The zero-order valence-electron chi connectivity index (χ0n) is 16.9. The minimum absolute atomic E-state index is 0.0109. The van der Waals surface area contributed by atoms with Gasteiger partial charge in [0.1, 0.15) is 6.10 Å². The fourth-order valence-electron chi connectivity index (χ4n) is 8.42. The van der Waals surface area contributed by atoms with Crippen LogP contribution in [0.5, 0.6) is 0 Å². The van der Waals surface area contributed by atoms with E-state index in [4.69, 9.17) is 4.74 Å². The van der Waals surface area contributed by atoms with Gasteiger partial charge in [-0.25, -0.2) is 0 Å². The van der Waals surface area contributed by atoms with Crippen molar-refractivity contribution in [1.29, 1.82) is 0 Å². The summed E-state index contributed by atoms with van der Waals surface area (Å²) in [6.07, 6.45) is 8.44. The van der Waals surface area contributed by atoms with E-state index in [1.54, 1.807) is 0 Å². The van der Waals surface area contributed by atoms with Crippen LogP contribution in [0.25, 0.3) is 0 Å². The molecule has 4 heteroatoms. The Balaban J connectivity index is 1.66. The molecule has 0 radical (unpaired) electrons. The number of aliphatic hydroxyl groups excluding tert-OH is 1. The van der Waals surface area contributed by atoms with Gasteiger partial charge in [-0.3, -0.25) is 4.79 Å². The van der Waals surface area contributed by atoms with Crippen LogP contribution in [0.1, 0.15) is 79.1 Å². The molecule has 26 heavy (non-hydrogen) atoms. The average molecular weight is 365 g/mol. The van der Waals surface area contributed by atoms with E-state index in [-0.39, 0.29) is 40.8 Å². The first-order valence-corrected chi connectivity index (χ1v) is 10.6. The molecule has 1 unspecified atom stereocenters. The molecule has 2 bridgehead atoms. The molecule has 7 atom stereocenters. The molecule has 0 saturated heterocycles. The topological polar surface area (TPSA) is 66.8 Å². The third kappa shape index (κ3) is 2.37. The van der Waals surface area contributed by atoms with Crippen molar-refractivity contribution >= 4 is 5.97 Å². The molecular weight excluding hydrogens is 328 g/mol. The van der Waals surface area contributed by atoms with E-state index in [1.807, 2.05) is 0 Å². The predicted octanol–water partition coefficient (Wildman–Crippen LogP) is 3.68. The van der Waals surface area contributed by atoms with E-state index in [2.05, 4.69) is 20.8 Å². The van der Waals surface area contributed by atoms with Crippen molar-refractivity contribution < 1.29 is 19.7 Å². The molecule has 0 aromatic heterocycles. The maximum absolute atomic E-state index is 11.6. The van der Waals surface area contributed by atoms with Crippen LogP contribution in [0.4, 0.5) is 0 Å². The van der Waals surface area contributed by atoms with Gasteiger partial charge in [0.25, 0.3) is 0 Å². The second kappa shape index (κ2) is 5.70. The second-order valence-corrected chi connectivity index (χ2v) is 10.9.